The third-order valence-corrected chi connectivity index (χ3v) is 6.94. The summed E-state index contributed by atoms with van der Waals surface area (Å²) < 4.78 is 26.9. The molecule has 0 radical (unpaired) electrons. The van der Waals surface area contributed by atoms with Gasteiger partial charge in [-0.2, -0.15) is 0 Å². The van der Waals surface area contributed by atoms with Crippen molar-refractivity contribution in [3.8, 4) is 0 Å². The predicted molar refractivity (Wildman–Crippen MR) is 141 cm³/mol. The first kappa shape index (κ1) is 28.4. The maximum Gasteiger partial charge on any atom is 0.244 e. The van der Waals surface area contributed by atoms with E-state index in [0.29, 0.717) is 0 Å². The standard InChI is InChI=1S/C23H28BrCl2N3O4S/c1-15(22(31)27-23(2,3)4)28(13-16-7-6-8-17(24)11-16)21(30)14-29(34(5,32)33)20-12-18(25)9-10-19(20)26/h6-12,15H,13-14H2,1-5H3,(H,27,31)/t15-/m0/s1. The van der Waals surface area contributed by atoms with Crippen LogP contribution in [-0.2, 0) is 26.2 Å². The van der Waals surface area contributed by atoms with Gasteiger partial charge in [0.05, 0.1) is 17.0 Å². The van der Waals surface area contributed by atoms with Gasteiger partial charge in [0.2, 0.25) is 21.8 Å². The monoisotopic (exact) mass is 591 g/mol. The number of amides is 2. The number of nitrogens with zero attached hydrogens (tertiary/aromatic N) is 2. The summed E-state index contributed by atoms with van der Waals surface area (Å²) in [4.78, 5) is 27.8. The summed E-state index contributed by atoms with van der Waals surface area (Å²) in [7, 11) is -3.91. The molecule has 34 heavy (non-hydrogen) atoms. The summed E-state index contributed by atoms with van der Waals surface area (Å²) >= 11 is 15.7. The molecule has 0 spiro atoms. The molecule has 0 unspecified atom stereocenters. The molecule has 11 heteroatoms. The second-order valence-corrected chi connectivity index (χ2v) is 12.6. The van der Waals surface area contributed by atoms with Gasteiger partial charge < -0.3 is 10.2 Å². The van der Waals surface area contributed by atoms with Gasteiger partial charge in [-0.05, 0) is 63.6 Å². The molecule has 186 valence electrons. The van der Waals surface area contributed by atoms with Crippen LogP contribution in [0.25, 0.3) is 0 Å². The molecule has 2 aromatic carbocycles. The molecule has 1 atom stereocenters. The molecule has 0 aliphatic rings. The zero-order chi connectivity index (χ0) is 25.8. The average molecular weight is 593 g/mol. The lowest BCUT2D eigenvalue weighted by atomic mass is 10.1. The zero-order valence-corrected chi connectivity index (χ0v) is 23.5. The minimum atomic E-state index is -3.91. The largest absolute Gasteiger partial charge is 0.350 e. The van der Waals surface area contributed by atoms with Gasteiger partial charge in [-0.15, -0.1) is 0 Å². The van der Waals surface area contributed by atoms with E-state index in [-0.39, 0.29) is 28.2 Å². The number of halogens is 3. The van der Waals surface area contributed by atoms with Crippen molar-refractivity contribution in [2.45, 2.75) is 45.8 Å². The molecule has 0 saturated carbocycles. The highest BCUT2D eigenvalue weighted by Gasteiger charge is 2.32. The van der Waals surface area contributed by atoms with E-state index >= 15 is 0 Å². The van der Waals surface area contributed by atoms with Gasteiger partial charge in [0.25, 0.3) is 0 Å². The fraction of sp³-hybridized carbons (Fsp3) is 0.391. The maximum atomic E-state index is 13.5. The number of nitrogens with one attached hydrogen (secondary N) is 1. The normalized spacial score (nSPS) is 12.7. The molecule has 2 aromatic rings. The maximum absolute atomic E-state index is 13.5. The Bertz CT molecular complexity index is 1170. The second-order valence-electron chi connectivity index (χ2n) is 8.93. The van der Waals surface area contributed by atoms with Crippen LogP contribution < -0.4 is 9.62 Å². The Morgan fingerprint density at radius 1 is 1.12 bits per heavy atom. The summed E-state index contributed by atoms with van der Waals surface area (Å²) in [5.41, 5.74) is 0.340. The van der Waals surface area contributed by atoms with Crippen molar-refractivity contribution < 1.29 is 18.0 Å². The van der Waals surface area contributed by atoms with Gasteiger partial charge >= 0.3 is 0 Å². The first-order chi connectivity index (χ1) is 15.6. The van der Waals surface area contributed by atoms with Crippen molar-refractivity contribution in [1.29, 1.82) is 0 Å². The number of anilines is 1. The minimum Gasteiger partial charge on any atom is -0.350 e. The lowest BCUT2D eigenvalue weighted by molar-refractivity contribution is -0.140. The third kappa shape index (κ3) is 8.15. The van der Waals surface area contributed by atoms with Crippen molar-refractivity contribution in [2.24, 2.45) is 0 Å². The van der Waals surface area contributed by atoms with E-state index in [0.717, 1.165) is 20.6 Å². The van der Waals surface area contributed by atoms with Crippen LogP contribution in [0.1, 0.15) is 33.3 Å². The number of hydrogen-bond donors (Lipinski definition) is 1. The fourth-order valence-electron chi connectivity index (χ4n) is 3.16. The first-order valence-corrected chi connectivity index (χ1v) is 13.8. The highest BCUT2D eigenvalue weighted by Crippen LogP contribution is 2.31. The molecule has 0 aliphatic carbocycles. The van der Waals surface area contributed by atoms with Gasteiger partial charge in [-0.3, -0.25) is 13.9 Å². The molecular weight excluding hydrogens is 565 g/mol. The molecule has 1 N–H and O–H groups in total. The second kappa shape index (κ2) is 11.3. The summed E-state index contributed by atoms with van der Waals surface area (Å²) in [6, 6.07) is 10.8. The topological polar surface area (TPSA) is 86.8 Å². The van der Waals surface area contributed by atoms with Crippen LogP contribution >= 0.6 is 39.1 Å². The Morgan fingerprint density at radius 2 is 1.76 bits per heavy atom. The number of sulfonamides is 1. The van der Waals surface area contributed by atoms with Crippen LogP contribution in [0.15, 0.2) is 46.9 Å². The molecule has 0 fully saturated rings. The molecule has 2 amide bonds. The van der Waals surface area contributed by atoms with E-state index < -0.39 is 34.1 Å². The Labute approximate surface area is 219 Å². The van der Waals surface area contributed by atoms with E-state index in [1.54, 1.807) is 6.92 Å². The number of hydrogen-bond acceptors (Lipinski definition) is 4. The van der Waals surface area contributed by atoms with Crippen LogP contribution in [0.5, 0.6) is 0 Å². The summed E-state index contributed by atoms with van der Waals surface area (Å²) in [6.07, 6.45) is 0.978. The fourth-order valence-corrected chi connectivity index (χ4v) is 4.90. The van der Waals surface area contributed by atoms with Gasteiger partial charge in [-0.25, -0.2) is 8.42 Å². The Kier molecular flexibility index (Phi) is 9.44. The van der Waals surface area contributed by atoms with Gasteiger partial charge in [0, 0.05) is 21.6 Å². The summed E-state index contributed by atoms with van der Waals surface area (Å²) in [5.74, 6) is -0.930. The van der Waals surface area contributed by atoms with Crippen LogP contribution in [0, 0.1) is 0 Å². The van der Waals surface area contributed by atoms with Gasteiger partial charge in [-0.1, -0.05) is 51.3 Å². The SMILES string of the molecule is C[C@@H](C(=O)NC(C)(C)C)N(Cc1cccc(Br)c1)C(=O)CN(c1cc(Cl)ccc1Cl)S(C)(=O)=O. The quantitative estimate of drug-likeness (QED) is 0.474. The van der Waals surface area contributed by atoms with Crippen LogP contribution in [-0.4, -0.2) is 49.5 Å². The lowest BCUT2D eigenvalue weighted by Crippen LogP contribution is -2.54. The molecule has 7 nitrogen and oxygen atoms in total. The summed E-state index contributed by atoms with van der Waals surface area (Å²) in [6.45, 7) is 6.66. The summed E-state index contributed by atoms with van der Waals surface area (Å²) in [5, 5.41) is 3.26. The Morgan fingerprint density at radius 3 is 2.32 bits per heavy atom. The van der Waals surface area contributed by atoms with E-state index in [1.807, 2.05) is 45.0 Å². The zero-order valence-electron chi connectivity index (χ0n) is 19.6. The first-order valence-electron chi connectivity index (χ1n) is 10.4. The Balaban J connectivity index is 2.45. The molecule has 0 aromatic heterocycles. The van der Waals surface area contributed by atoms with E-state index in [1.165, 1.54) is 23.1 Å². The molecule has 0 saturated heterocycles. The minimum absolute atomic E-state index is 0.0826. The Hall–Kier alpha value is -1.81. The third-order valence-electron chi connectivity index (χ3n) is 4.76. The van der Waals surface area contributed by atoms with E-state index in [4.69, 9.17) is 23.2 Å². The molecule has 0 bridgehead atoms. The number of carbonyl (C=O) groups is 2. The van der Waals surface area contributed by atoms with Crippen molar-refractivity contribution in [1.82, 2.24) is 10.2 Å². The highest BCUT2D eigenvalue weighted by atomic mass is 79.9. The van der Waals surface area contributed by atoms with Crippen LogP contribution in [0.4, 0.5) is 5.69 Å². The predicted octanol–water partition coefficient (Wildman–Crippen LogP) is 4.85. The van der Waals surface area contributed by atoms with Gasteiger partial charge in [0.1, 0.15) is 12.6 Å². The van der Waals surface area contributed by atoms with Crippen molar-refractivity contribution in [3.63, 3.8) is 0 Å². The highest BCUT2D eigenvalue weighted by molar-refractivity contribution is 9.10. The van der Waals surface area contributed by atoms with Crippen molar-refractivity contribution in [3.05, 3.63) is 62.5 Å². The average Bonchev–Trinajstić information content (AvgIpc) is 2.69. The lowest BCUT2D eigenvalue weighted by Gasteiger charge is -2.33. The number of carbonyl (C=O) groups excluding carboxylic acids is 2. The van der Waals surface area contributed by atoms with Crippen LogP contribution in [0.3, 0.4) is 0 Å². The van der Waals surface area contributed by atoms with Crippen molar-refractivity contribution >= 4 is 66.7 Å². The molecular formula is C23H28BrCl2N3O4S. The smallest absolute Gasteiger partial charge is 0.244 e. The molecule has 0 heterocycles. The van der Waals surface area contributed by atoms with E-state index in [9.17, 15) is 18.0 Å². The number of benzene rings is 2. The van der Waals surface area contributed by atoms with Crippen LogP contribution in [0.2, 0.25) is 10.0 Å². The molecule has 2 rings (SSSR count). The van der Waals surface area contributed by atoms with E-state index in [2.05, 4.69) is 21.2 Å². The molecule has 0 aliphatic heterocycles. The van der Waals surface area contributed by atoms with Gasteiger partial charge in [0.15, 0.2) is 0 Å². The number of rotatable bonds is 8. The van der Waals surface area contributed by atoms with Crippen molar-refractivity contribution in [2.75, 3.05) is 17.1 Å².